The van der Waals surface area contributed by atoms with E-state index in [0.29, 0.717) is 30.9 Å². The molecule has 2 atom stereocenters. The van der Waals surface area contributed by atoms with Gasteiger partial charge in [0.05, 0.1) is 6.04 Å². The highest BCUT2D eigenvalue weighted by molar-refractivity contribution is 5.84. The molecule has 1 aliphatic rings. The van der Waals surface area contributed by atoms with Gasteiger partial charge in [0.1, 0.15) is 11.5 Å². The van der Waals surface area contributed by atoms with Gasteiger partial charge in [-0.3, -0.25) is 0 Å². The third-order valence-electron chi connectivity index (χ3n) is 8.50. The Hall–Kier alpha value is -3.70. The van der Waals surface area contributed by atoms with Gasteiger partial charge in [0, 0.05) is 41.3 Å². The zero-order chi connectivity index (χ0) is 34.0. The van der Waals surface area contributed by atoms with E-state index in [1.165, 1.54) is 6.08 Å². The van der Waals surface area contributed by atoms with E-state index < -0.39 is 12.1 Å². The number of hydrogen-bond acceptors (Lipinski definition) is 6. The molecule has 1 saturated carbocycles. The highest BCUT2D eigenvalue weighted by Crippen LogP contribution is 2.47. The molecule has 3 rings (SSSR count). The average Bonchev–Trinajstić information content (AvgIpc) is 2.88. The van der Waals surface area contributed by atoms with Gasteiger partial charge in [-0.05, 0) is 54.8 Å². The zero-order valence-corrected chi connectivity index (χ0v) is 29.2. The third-order valence-corrected chi connectivity index (χ3v) is 8.50. The Morgan fingerprint density at radius 1 is 0.933 bits per heavy atom. The maximum atomic E-state index is 13.5. The average molecular weight is 617 g/mol. The fourth-order valence-corrected chi connectivity index (χ4v) is 6.96. The summed E-state index contributed by atoms with van der Waals surface area (Å²) in [6, 6.07) is 8.04. The minimum Gasteiger partial charge on any atom is -0.423 e. The molecule has 0 aromatic heterocycles. The Balaban J connectivity index is 2.04. The first-order chi connectivity index (χ1) is 20.7. The summed E-state index contributed by atoms with van der Waals surface area (Å²) in [4.78, 5) is 41.1. The lowest BCUT2D eigenvalue weighted by molar-refractivity contribution is -0.129. The maximum Gasteiger partial charge on any atom is 0.412 e. The van der Waals surface area contributed by atoms with Crippen LogP contribution in [0.2, 0.25) is 0 Å². The standard InChI is InChI=1S/C38H52N2O5/c1-13-31(42)44-32-26(14-24(2)16-29(32)35(4,5)6)18-27-15-25(3)17-30(36(7,8)9)33(27)45-34(43)39-22-38(12)20-28(40-23-41)19-37(10,11)21-38/h13-17,28H,1,18-22H2,2-12H3,(H,39,43). The van der Waals surface area contributed by atoms with Crippen LogP contribution in [0.3, 0.4) is 0 Å². The summed E-state index contributed by atoms with van der Waals surface area (Å²) in [7, 11) is 0. The minimum atomic E-state index is -0.538. The number of benzene rings is 2. The summed E-state index contributed by atoms with van der Waals surface area (Å²) in [5.41, 5.74) is 4.64. The highest BCUT2D eigenvalue weighted by atomic mass is 16.6. The van der Waals surface area contributed by atoms with Gasteiger partial charge in [-0.15, -0.1) is 0 Å². The number of aryl methyl sites for hydroxylation is 2. The van der Waals surface area contributed by atoms with Crippen molar-refractivity contribution in [2.24, 2.45) is 15.8 Å². The second kappa shape index (κ2) is 13.3. The Morgan fingerprint density at radius 2 is 1.44 bits per heavy atom. The summed E-state index contributed by atoms with van der Waals surface area (Å²) in [5.74, 6) is 0.483. The van der Waals surface area contributed by atoms with Crippen LogP contribution in [0, 0.1) is 24.7 Å². The monoisotopic (exact) mass is 616 g/mol. The van der Waals surface area contributed by atoms with E-state index in [4.69, 9.17) is 9.47 Å². The molecular formula is C38H52N2O5. The van der Waals surface area contributed by atoms with Crippen LogP contribution in [0.4, 0.5) is 4.79 Å². The predicted octanol–water partition coefficient (Wildman–Crippen LogP) is 8.59. The first-order valence-corrected chi connectivity index (χ1v) is 15.8. The molecule has 1 amide bonds. The topological polar surface area (TPSA) is 94.1 Å². The third kappa shape index (κ3) is 9.40. The molecule has 7 nitrogen and oxygen atoms in total. The number of hydrogen-bond donors (Lipinski definition) is 1. The van der Waals surface area contributed by atoms with Crippen molar-refractivity contribution in [2.75, 3.05) is 6.54 Å². The summed E-state index contributed by atoms with van der Waals surface area (Å²) in [6.07, 6.45) is 5.11. The van der Waals surface area contributed by atoms with Crippen molar-refractivity contribution in [3.63, 3.8) is 0 Å². The molecule has 0 radical (unpaired) electrons. The molecule has 0 bridgehead atoms. The molecule has 1 aliphatic carbocycles. The Morgan fingerprint density at radius 3 is 1.91 bits per heavy atom. The van der Waals surface area contributed by atoms with Crippen LogP contribution in [-0.2, 0) is 26.8 Å². The van der Waals surface area contributed by atoms with Crippen LogP contribution >= 0.6 is 0 Å². The van der Waals surface area contributed by atoms with E-state index in [2.05, 4.69) is 91.3 Å². The van der Waals surface area contributed by atoms with E-state index in [9.17, 15) is 14.4 Å². The van der Waals surface area contributed by atoms with Gasteiger partial charge in [-0.1, -0.05) is 104 Å². The van der Waals surface area contributed by atoms with Gasteiger partial charge in [0.25, 0.3) is 0 Å². The predicted molar refractivity (Wildman–Crippen MR) is 180 cm³/mol. The molecule has 0 saturated heterocycles. The molecule has 45 heavy (non-hydrogen) atoms. The number of esters is 1. The van der Waals surface area contributed by atoms with Gasteiger partial charge >= 0.3 is 12.1 Å². The second-order valence-corrected chi connectivity index (χ2v) is 16.1. The van der Waals surface area contributed by atoms with E-state index in [1.807, 2.05) is 26.0 Å². The van der Waals surface area contributed by atoms with E-state index >= 15 is 0 Å². The number of nitrogens with zero attached hydrogens (tertiary/aromatic N) is 1. The second-order valence-electron chi connectivity index (χ2n) is 16.1. The van der Waals surface area contributed by atoms with Crippen molar-refractivity contribution < 1.29 is 23.9 Å². The smallest absolute Gasteiger partial charge is 0.412 e. The number of aliphatic imine (C=N–C) groups is 1. The number of carbonyl (C=O) groups excluding carboxylic acids is 3. The summed E-state index contributed by atoms with van der Waals surface area (Å²) < 4.78 is 12.1. The molecule has 1 fully saturated rings. The highest BCUT2D eigenvalue weighted by Gasteiger charge is 2.41. The van der Waals surface area contributed by atoms with E-state index in [0.717, 1.165) is 46.2 Å². The van der Waals surface area contributed by atoms with Crippen molar-refractivity contribution in [1.82, 2.24) is 5.32 Å². The number of carbonyl (C=O) groups is 2. The van der Waals surface area contributed by atoms with Crippen LogP contribution in [0.5, 0.6) is 11.5 Å². The SMILES string of the molecule is C=CC(=O)Oc1c(Cc2cc(C)cc(C(C)(C)C)c2OC(=O)NCC2(C)CC(N=C=O)CC(C)(C)C2)cc(C)cc1C(C)(C)C. The first-order valence-electron chi connectivity index (χ1n) is 15.8. The molecule has 0 aliphatic heterocycles. The molecule has 0 heterocycles. The molecule has 7 heteroatoms. The molecule has 2 aromatic carbocycles. The molecule has 2 aromatic rings. The molecule has 0 spiro atoms. The van der Waals surface area contributed by atoms with Gasteiger partial charge in [0.15, 0.2) is 0 Å². The van der Waals surface area contributed by atoms with E-state index in [1.54, 1.807) is 6.08 Å². The molecular weight excluding hydrogens is 564 g/mol. The van der Waals surface area contributed by atoms with Crippen molar-refractivity contribution in [3.05, 3.63) is 70.3 Å². The number of nitrogens with one attached hydrogen (secondary N) is 1. The van der Waals surface area contributed by atoms with Crippen molar-refractivity contribution >= 4 is 18.1 Å². The Bertz CT molecular complexity index is 1500. The van der Waals surface area contributed by atoms with Gasteiger partial charge in [0.2, 0.25) is 6.08 Å². The van der Waals surface area contributed by atoms with Crippen molar-refractivity contribution in [1.29, 1.82) is 0 Å². The summed E-state index contributed by atoms with van der Waals surface area (Å²) in [6.45, 7) is 27.0. The Labute approximate surface area is 269 Å². The van der Waals surface area contributed by atoms with Crippen LogP contribution in [0.15, 0.2) is 41.9 Å². The number of amides is 1. The lowest BCUT2D eigenvalue weighted by Crippen LogP contribution is -2.45. The van der Waals surface area contributed by atoms with Crippen LogP contribution in [0.1, 0.15) is 115 Å². The number of ether oxygens (including phenoxy) is 2. The lowest BCUT2D eigenvalue weighted by Gasteiger charge is -2.45. The van der Waals surface area contributed by atoms with Gasteiger partial charge in [-0.25, -0.2) is 19.4 Å². The zero-order valence-electron chi connectivity index (χ0n) is 29.2. The minimum absolute atomic E-state index is 0.0282. The number of isocyanates is 1. The van der Waals surface area contributed by atoms with Gasteiger partial charge in [-0.2, -0.15) is 0 Å². The van der Waals surface area contributed by atoms with Gasteiger partial charge < -0.3 is 14.8 Å². The lowest BCUT2D eigenvalue weighted by atomic mass is 9.63. The Kier molecular flexibility index (Phi) is 10.6. The fraction of sp³-hybridized carbons (Fsp3) is 0.553. The quantitative estimate of drug-likeness (QED) is 0.105. The summed E-state index contributed by atoms with van der Waals surface area (Å²) in [5, 5.41) is 3.03. The van der Waals surface area contributed by atoms with Crippen LogP contribution in [-0.4, -0.2) is 30.7 Å². The molecule has 2 unspecified atom stereocenters. The molecule has 1 N–H and O–H groups in total. The number of rotatable bonds is 8. The van der Waals surface area contributed by atoms with Crippen molar-refractivity contribution in [2.45, 2.75) is 119 Å². The fourth-order valence-electron chi connectivity index (χ4n) is 6.96. The normalized spacial score (nSPS) is 19.7. The van der Waals surface area contributed by atoms with Crippen molar-refractivity contribution in [3.8, 4) is 11.5 Å². The molecule has 244 valence electrons. The first kappa shape index (κ1) is 35.8. The largest absolute Gasteiger partial charge is 0.423 e. The van der Waals surface area contributed by atoms with Crippen LogP contribution in [0.25, 0.3) is 0 Å². The van der Waals surface area contributed by atoms with E-state index in [-0.39, 0.29) is 27.7 Å². The summed E-state index contributed by atoms with van der Waals surface area (Å²) >= 11 is 0. The van der Waals surface area contributed by atoms with Crippen LogP contribution < -0.4 is 14.8 Å². The maximum absolute atomic E-state index is 13.5.